The average Bonchev–Trinajstić information content (AvgIpc) is 3.18. The minimum atomic E-state index is -0.0235. The second-order valence-corrected chi connectivity index (χ2v) is 9.24. The van der Waals surface area contributed by atoms with Crippen LogP contribution in [-0.2, 0) is 17.8 Å². The van der Waals surface area contributed by atoms with Crippen LogP contribution in [0.5, 0.6) is 0 Å². The Morgan fingerprint density at radius 1 is 1.16 bits per heavy atom. The van der Waals surface area contributed by atoms with Crippen molar-refractivity contribution in [2.75, 3.05) is 30.3 Å². The van der Waals surface area contributed by atoms with Crippen molar-refractivity contribution in [2.45, 2.75) is 44.3 Å². The Hall–Kier alpha value is -2.32. The molecule has 3 heterocycles. The summed E-state index contributed by atoms with van der Waals surface area (Å²) >= 11 is 7.55. The van der Waals surface area contributed by atoms with Crippen LogP contribution in [0.4, 0.5) is 5.82 Å². The largest absolute Gasteiger partial charge is 0.356 e. The molecule has 9 heteroatoms. The fraction of sp³-hybridized carbons (Fsp3) is 0.455. The second kappa shape index (κ2) is 10.3. The highest BCUT2D eigenvalue weighted by Gasteiger charge is 2.20. The van der Waals surface area contributed by atoms with E-state index in [9.17, 15) is 4.79 Å². The lowest BCUT2D eigenvalue weighted by Gasteiger charge is -2.28. The molecule has 7 nitrogen and oxygen atoms in total. The first-order valence-electron chi connectivity index (χ1n) is 10.8. The molecule has 1 aliphatic rings. The number of halogens is 1. The average molecular weight is 459 g/mol. The number of anilines is 1. The number of nitrogens with one attached hydrogen (secondary N) is 1. The molecule has 1 aromatic carbocycles. The van der Waals surface area contributed by atoms with Crippen molar-refractivity contribution >= 4 is 46.1 Å². The van der Waals surface area contributed by atoms with E-state index in [0.717, 1.165) is 46.4 Å². The summed E-state index contributed by atoms with van der Waals surface area (Å²) < 4.78 is 1.87. The molecule has 0 aliphatic carbocycles. The SMILES string of the molecule is CCSc1nc(N2CCCCC2)c2cnn(CCNC(=O)Cc3ccc(Cl)cc3)c2n1. The predicted octanol–water partition coefficient (Wildman–Crippen LogP) is 3.94. The fourth-order valence-electron chi connectivity index (χ4n) is 3.78. The number of hydrogen-bond donors (Lipinski definition) is 1. The van der Waals surface area contributed by atoms with Gasteiger partial charge in [-0.2, -0.15) is 5.10 Å². The summed E-state index contributed by atoms with van der Waals surface area (Å²) in [5, 5.41) is 9.96. The molecule has 0 spiro atoms. The van der Waals surface area contributed by atoms with Crippen LogP contribution < -0.4 is 10.2 Å². The maximum Gasteiger partial charge on any atom is 0.224 e. The lowest BCUT2D eigenvalue weighted by molar-refractivity contribution is -0.120. The van der Waals surface area contributed by atoms with Gasteiger partial charge in [-0.3, -0.25) is 4.79 Å². The van der Waals surface area contributed by atoms with Crippen molar-refractivity contribution in [3.63, 3.8) is 0 Å². The third kappa shape index (κ3) is 5.49. The Morgan fingerprint density at radius 2 is 1.94 bits per heavy atom. The molecule has 0 atom stereocenters. The van der Waals surface area contributed by atoms with Crippen LogP contribution in [0.25, 0.3) is 11.0 Å². The second-order valence-electron chi connectivity index (χ2n) is 7.57. The van der Waals surface area contributed by atoms with Gasteiger partial charge in [0.25, 0.3) is 0 Å². The monoisotopic (exact) mass is 458 g/mol. The number of nitrogens with zero attached hydrogens (tertiary/aromatic N) is 5. The molecule has 1 fully saturated rings. The number of aromatic nitrogens is 4. The molecule has 2 aromatic heterocycles. The summed E-state index contributed by atoms with van der Waals surface area (Å²) in [6.45, 7) is 5.19. The van der Waals surface area contributed by atoms with Gasteiger partial charge in [0.2, 0.25) is 5.91 Å². The highest BCUT2D eigenvalue weighted by atomic mass is 35.5. The van der Waals surface area contributed by atoms with Gasteiger partial charge >= 0.3 is 0 Å². The molecule has 1 amide bonds. The number of carbonyl (C=O) groups excluding carboxylic acids is 1. The number of carbonyl (C=O) groups is 1. The standard InChI is InChI=1S/C22H27ClN6OS/c1-2-31-22-26-20(28-11-4-3-5-12-28)18-15-25-29(21(18)27-22)13-10-24-19(30)14-16-6-8-17(23)9-7-16/h6-9,15H,2-5,10-14H2,1H3,(H,24,30). The van der Waals surface area contributed by atoms with Crippen LogP contribution in [-0.4, -0.2) is 51.0 Å². The Morgan fingerprint density at radius 3 is 2.68 bits per heavy atom. The third-order valence-electron chi connectivity index (χ3n) is 5.31. The number of amides is 1. The van der Waals surface area contributed by atoms with Crippen LogP contribution >= 0.6 is 23.4 Å². The Bertz CT molecular complexity index is 1030. The van der Waals surface area contributed by atoms with Crippen molar-refractivity contribution in [1.29, 1.82) is 0 Å². The van der Waals surface area contributed by atoms with Crippen molar-refractivity contribution < 1.29 is 4.79 Å². The van der Waals surface area contributed by atoms with Gasteiger partial charge < -0.3 is 10.2 Å². The van der Waals surface area contributed by atoms with Crippen LogP contribution in [0, 0.1) is 0 Å². The Kier molecular flexibility index (Phi) is 7.29. The molecule has 0 unspecified atom stereocenters. The summed E-state index contributed by atoms with van der Waals surface area (Å²) in [6.07, 6.45) is 5.84. The first kappa shape index (κ1) is 21.9. The number of hydrogen-bond acceptors (Lipinski definition) is 6. The molecular formula is C22H27ClN6OS. The first-order chi connectivity index (χ1) is 15.1. The number of piperidine rings is 1. The van der Waals surface area contributed by atoms with E-state index in [1.54, 1.807) is 23.9 Å². The molecule has 1 aliphatic heterocycles. The van der Waals surface area contributed by atoms with E-state index in [2.05, 4.69) is 22.2 Å². The summed E-state index contributed by atoms with van der Waals surface area (Å²) in [5.74, 6) is 1.88. The molecule has 4 rings (SSSR count). The zero-order chi connectivity index (χ0) is 21.6. The van der Waals surface area contributed by atoms with Gasteiger partial charge in [-0.1, -0.05) is 42.4 Å². The number of rotatable bonds is 8. The fourth-order valence-corrected chi connectivity index (χ4v) is 4.46. The number of benzene rings is 1. The summed E-state index contributed by atoms with van der Waals surface area (Å²) in [5.41, 5.74) is 1.77. The van der Waals surface area contributed by atoms with E-state index >= 15 is 0 Å². The highest BCUT2D eigenvalue weighted by Crippen LogP contribution is 2.29. The maximum absolute atomic E-state index is 12.3. The van der Waals surface area contributed by atoms with Gasteiger partial charge in [0.05, 0.1) is 24.5 Å². The Labute approximate surface area is 191 Å². The van der Waals surface area contributed by atoms with Gasteiger partial charge in [-0.05, 0) is 42.7 Å². The topological polar surface area (TPSA) is 75.9 Å². The van der Waals surface area contributed by atoms with E-state index in [0.29, 0.717) is 24.5 Å². The van der Waals surface area contributed by atoms with Crippen LogP contribution in [0.3, 0.4) is 0 Å². The van der Waals surface area contributed by atoms with Gasteiger partial charge in [0.15, 0.2) is 10.8 Å². The van der Waals surface area contributed by atoms with E-state index in [1.165, 1.54) is 19.3 Å². The van der Waals surface area contributed by atoms with Gasteiger partial charge in [-0.15, -0.1) is 0 Å². The van der Waals surface area contributed by atoms with E-state index in [1.807, 2.05) is 23.0 Å². The molecule has 0 bridgehead atoms. The van der Waals surface area contributed by atoms with Gasteiger partial charge in [0, 0.05) is 24.7 Å². The van der Waals surface area contributed by atoms with Crippen molar-refractivity contribution in [3.05, 3.63) is 41.0 Å². The highest BCUT2D eigenvalue weighted by molar-refractivity contribution is 7.99. The zero-order valence-electron chi connectivity index (χ0n) is 17.7. The van der Waals surface area contributed by atoms with E-state index < -0.39 is 0 Å². The van der Waals surface area contributed by atoms with E-state index in [4.69, 9.17) is 21.6 Å². The first-order valence-corrected chi connectivity index (χ1v) is 12.1. The van der Waals surface area contributed by atoms with Gasteiger partial charge in [0.1, 0.15) is 5.82 Å². The normalized spacial score (nSPS) is 14.2. The molecule has 1 N–H and O–H groups in total. The minimum Gasteiger partial charge on any atom is -0.356 e. The molecule has 1 saturated heterocycles. The molecule has 164 valence electrons. The smallest absolute Gasteiger partial charge is 0.224 e. The minimum absolute atomic E-state index is 0.0235. The third-order valence-corrected chi connectivity index (χ3v) is 6.29. The van der Waals surface area contributed by atoms with Crippen LogP contribution in [0.1, 0.15) is 31.7 Å². The van der Waals surface area contributed by atoms with Crippen molar-refractivity contribution in [3.8, 4) is 0 Å². The van der Waals surface area contributed by atoms with E-state index in [-0.39, 0.29) is 5.91 Å². The zero-order valence-corrected chi connectivity index (χ0v) is 19.3. The van der Waals surface area contributed by atoms with Crippen LogP contribution in [0.2, 0.25) is 5.02 Å². The summed E-state index contributed by atoms with van der Waals surface area (Å²) in [7, 11) is 0. The van der Waals surface area contributed by atoms with Gasteiger partial charge in [-0.25, -0.2) is 14.6 Å². The number of fused-ring (bicyclic) bond motifs is 1. The lowest BCUT2D eigenvalue weighted by Crippen LogP contribution is -2.30. The summed E-state index contributed by atoms with van der Waals surface area (Å²) in [6, 6.07) is 7.33. The number of thioether (sulfide) groups is 1. The van der Waals surface area contributed by atoms with Crippen molar-refractivity contribution in [1.82, 2.24) is 25.1 Å². The predicted molar refractivity (Wildman–Crippen MR) is 126 cm³/mol. The molecule has 3 aromatic rings. The molecule has 31 heavy (non-hydrogen) atoms. The molecule has 0 saturated carbocycles. The maximum atomic E-state index is 12.3. The molecule has 0 radical (unpaired) electrons. The van der Waals surface area contributed by atoms with Crippen molar-refractivity contribution in [2.24, 2.45) is 0 Å². The quantitative estimate of drug-likeness (QED) is 0.407. The summed E-state index contributed by atoms with van der Waals surface area (Å²) in [4.78, 5) is 24.2. The lowest BCUT2D eigenvalue weighted by atomic mass is 10.1. The Balaban J connectivity index is 1.45. The van der Waals surface area contributed by atoms with Crippen LogP contribution in [0.15, 0.2) is 35.6 Å². The molecular weight excluding hydrogens is 432 g/mol.